The van der Waals surface area contributed by atoms with Crippen LogP contribution in [0.5, 0.6) is 0 Å². The molecule has 1 heterocycles. The van der Waals surface area contributed by atoms with E-state index in [2.05, 4.69) is 131 Å². The van der Waals surface area contributed by atoms with Crippen LogP contribution in [0.15, 0.2) is 130 Å². The summed E-state index contributed by atoms with van der Waals surface area (Å²) in [5.41, 5.74) is 7.74. The van der Waals surface area contributed by atoms with Gasteiger partial charge in [-0.2, -0.15) is 0 Å². The Morgan fingerprint density at radius 3 is 2.00 bits per heavy atom. The molecule has 2 atom stereocenters. The van der Waals surface area contributed by atoms with Gasteiger partial charge >= 0.3 is 0 Å². The summed E-state index contributed by atoms with van der Waals surface area (Å²) in [6.45, 7) is 28.4. The Balaban J connectivity index is 0.000000798. The largest absolute Gasteiger partial charge is 0.382 e. The van der Waals surface area contributed by atoms with Gasteiger partial charge in [0, 0.05) is 30.4 Å². The maximum Gasteiger partial charge on any atom is 0.0421 e. The van der Waals surface area contributed by atoms with Gasteiger partial charge in [-0.1, -0.05) is 110 Å². The highest BCUT2D eigenvalue weighted by Crippen LogP contribution is 2.23. The molecule has 0 saturated carbocycles. The van der Waals surface area contributed by atoms with Gasteiger partial charge in [-0.15, -0.1) is 32.9 Å². The third-order valence-corrected chi connectivity index (χ3v) is 7.51. The molecule has 0 radical (unpaired) electrons. The van der Waals surface area contributed by atoms with Gasteiger partial charge in [0.1, 0.15) is 0 Å². The van der Waals surface area contributed by atoms with E-state index in [9.17, 15) is 0 Å². The lowest BCUT2D eigenvalue weighted by atomic mass is 9.98. The first-order chi connectivity index (χ1) is 21.0. The van der Waals surface area contributed by atoms with Gasteiger partial charge in [-0.3, -0.25) is 4.90 Å². The number of nitrogens with one attached hydrogen (secondary N) is 1. The highest BCUT2D eigenvalue weighted by Gasteiger charge is 2.20. The van der Waals surface area contributed by atoms with Crippen molar-refractivity contribution < 1.29 is 0 Å². The summed E-state index contributed by atoms with van der Waals surface area (Å²) in [7, 11) is 0. The standard InChI is InChI=1S/C31H42N2.C6H6.2C2H4/c1-6-8-13-26(5)32-30(31-24(3)11-9-12-25(31)4)15-10-14-28-16-18-29(19-17-28)23-33-21-20-27(7-2)22-33;1-2-4-6-5-3-1;2*1-2/h6,9-12,14-19,26-27,32H,1,7-8,13,20-23H2,2-5H3;1-6H;2*1-2H2/b14-10?,30-15+;;;. The van der Waals surface area contributed by atoms with Crippen molar-refractivity contribution in [2.75, 3.05) is 13.1 Å². The van der Waals surface area contributed by atoms with Crippen LogP contribution in [-0.2, 0) is 6.54 Å². The van der Waals surface area contributed by atoms with Crippen LogP contribution >= 0.6 is 0 Å². The highest BCUT2D eigenvalue weighted by molar-refractivity contribution is 5.72. The summed E-state index contributed by atoms with van der Waals surface area (Å²) in [5.74, 6) is 0.887. The van der Waals surface area contributed by atoms with Crippen LogP contribution in [0.4, 0.5) is 0 Å². The minimum absolute atomic E-state index is 0.388. The van der Waals surface area contributed by atoms with Crippen molar-refractivity contribution in [2.24, 2.45) is 5.92 Å². The van der Waals surface area contributed by atoms with Crippen molar-refractivity contribution in [2.45, 2.75) is 66.0 Å². The van der Waals surface area contributed by atoms with Crippen molar-refractivity contribution in [3.05, 3.63) is 158 Å². The number of nitrogens with zero attached hydrogens (tertiary/aromatic N) is 1. The van der Waals surface area contributed by atoms with E-state index in [1.54, 1.807) is 0 Å². The molecule has 1 N–H and O–H groups in total. The van der Waals surface area contributed by atoms with Crippen LogP contribution in [0, 0.1) is 19.8 Å². The van der Waals surface area contributed by atoms with E-state index in [-0.39, 0.29) is 0 Å². The minimum Gasteiger partial charge on any atom is -0.382 e. The predicted octanol–water partition coefficient (Wildman–Crippen LogP) is 10.8. The third kappa shape index (κ3) is 14.2. The predicted molar refractivity (Wildman–Crippen MR) is 194 cm³/mol. The molecule has 0 bridgehead atoms. The molecule has 1 fully saturated rings. The van der Waals surface area contributed by atoms with Crippen LogP contribution in [0.3, 0.4) is 0 Å². The topological polar surface area (TPSA) is 15.3 Å². The Labute approximate surface area is 264 Å². The summed E-state index contributed by atoms with van der Waals surface area (Å²) >= 11 is 0. The van der Waals surface area contributed by atoms with Gasteiger partial charge in [-0.05, 0) is 80.8 Å². The SMILES string of the molecule is C=C.C=C.C=CCCC(C)N/C(=C/C=Cc1ccc(CN2CCC(CC)C2)cc1)c1c(C)cccc1C.c1ccccc1. The summed E-state index contributed by atoms with van der Waals surface area (Å²) in [4.78, 5) is 2.59. The zero-order valence-electron chi connectivity index (χ0n) is 27.4. The molecule has 230 valence electrons. The van der Waals surface area contributed by atoms with Crippen molar-refractivity contribution in [1.29, 1.82) is 0 Å². The molecule has 3 aromatic carbocycles. The molecule has 4 rings (SSSR count). The minimum atomic E-state index is 0.388. The molecule has 2 heteroatoms. The average Bonchev–Trinajstić information content (AvgIpc) is 3.51. The van der Waals surface area contributed by atoms with Crippen LogP contribution in [0.25, 0.3) is 11.8 Å². The van der Waals surface area contributed by atoms with Gasteiger partial charge in [0.2, 0.25) is 0 Å². The van der Waals surface area contributed by atoms with Crippen molar-refractivity contribution >= 4 is 11.8 Å². The number of hydrogen-bond acceptors (Lipinski definition) is 2. The maximum atomic E-state index is 3.87. The third-order valence-electron chi connectivity index (χ3n) is 7.51. The number of likely N-dealkylation sites (tertiary alicyclic amines) is 1. The Morgan fingerprint density at radius 1 is 0.907 bits per heavy atom. The average molecular weight is 577 g/mol. The van der Waals surface area contributed by atoms with Crippen LogP contribution < -0.4 is 5.32 Å². The van der Waals surface area contributed by atoms with E-state index in [4.69, 9.17) is 0 Å². The number of hydrogen-bond donors (Lipinski definition) is 1. The highest BCUT2D eigenvalue weighted by atomic mass is 15.1. The molecular weight excluding hydrogens is 520 g/mol. The fraction of sp³-hybridized carbons (Fsp3) is 0.317. The molecule has 1 aliphatic heterocycles. The van der Waals surface area contributed by atoms with E-state index < -0.39 is 0 Å². The summed E-state index contributed by atoms with van der Waals surface area (Å²) in [6, 6.07) is 28.0. The van der Waals surface area contributed by atoms with Crippen LogP contribution in [0.1, 0.15) is 67.3 Å². The van der Waals surface area contributed by atoms with Crippen molar-refractivity contribution in [3.63, 3.8) is 0 Å². The first-order valence-corrected chi connectivity index (χ1v) is 15.6. The number of benzene rings is 3. The first-order valence-electron chi connectivity index (χ1n) is 15.6. The molecule has 2 nitrogen and oxygen atoms in total. The molecule has 1 aliphatic rings. The van der Waals surface area contributed by atoms with Gasteiger partial charge < -0.3 is 5.32 Å². The second-order valence-corrected chi connectivity index (χ2v) is 10.8. The molecule has 2 unspecified atom stereocenters. The lowest BCUT2D eigenvalue weighted by Crippen LogP contribution is -2.25. The van der Waals surface area contributed by atoms with Crippen LogP contribution in [0.2, 0.25) is 0 Å². The lowest BCUT2D eigenvalue weighted by molar-refractivity contribution is 0.315. The van der Waals surface area contributed by atoms with Crippen LogP contribution in [-0.4, -0.2) is 24.0 Å². The smallest absolute Gasteiger partial charge is 0.0421 e. The maximum absolute atomic E-state index is 3.87. The molecule has 3 aromatic rings. The molecule has 0 spiro atoms. The van der Waals surface area contributed by atoms with Gasteiger partial charge in [-0.25, -0.2) is 0 Å². The quantitative estimate of drug-likeness (QED) is 0.180. The Kier molecular flexibility index (Phi) is 19.6. The molecule has 0 aromatic heterocycles. The molecule has 1 saturated heterocycles. The van der Waals surface area contributed by atoms with Crippen molar-refractivity contribution in [3.8, 4) is 0 Å². The second-order valence-electron chi connectivity index (χ2n) is 10.8. The first kappa shape index (κ1) is 37.1. The summed E-state index contributed by atoms with van der Waals surface area (Å²) in [5, 5.41) is 3.75. The zero-order chi connectivity index (χ0) is 31.9. The Hall–Kier alpha value is -3.88. The normalized spacial score (nSPS) is 15.2. The van der Waals surface area contributed by atoms with Gasteiger partial charge in [0.15, 0.2) is 0 Å². The molecule has 43 heavy (non-hydrogen) atoms. The molecule has 0 amide bonds. The van der Waals surface area contributed by atoms with E-state index in [0.717, 1.165) is 25.3 Å². The lowest BCUT2D eigenvalue weighted by Gasteiger charge is -2.20. The zero-order valence-corrected chi connectivity index (χ0v) is 27.4. The van der Waals surface area contributed by atoms with Crippen molar-refractivity contribution in [1.82, 2.24) is 10.2 Å². The van der Waals surface area contributed by atoms with Gasteiger partial charge in [0.25, 0.3) is 0 Å². The van der Waals surface area contributed by atoms with E-state index in [1.807, 2.05) is 42.5 Å². The van der Waals surface area contributed by atoms with E-state index in [0.29, 0.717) is 6.04 Å². The number of rotatable bonds is 11. The molecular formula is C41H56N2. The molecule has 0 aliphatic carbocycles. The fourth-order valence-electron chi connectivity index (χ4n) is 5.17. The number of aryl methyl sites for hydroxylation is 2. The van der Waals surface area contributed by atoms with E-state index >= 15 is 0 Å². The Morgan fingerprint density at radius 2 is 1.49 bits per heavy atom. The monoisotopic (exact) mass is 576 g/mol. The fourth-order valence-corrected chi connectivity index (χ4v) is 5.17. The van der Waals surface area contributed by atoms with Gasteiger partial charge in [0.05, 0.1) is 0 Å². The van der Waals surface area contributed by atoms with E-state index in [1.165, 1.54) is 59.4 Å². The number of allylic oxidation sites excluding steroid dienone is 3. The Bertz CT molecular complexity index is 1160. The summed E-state index contributed by atoms with van der Waals surface area (Å²) < 4.78 is 0. The summed E-state index contributed by atoms with van der Waals surface area (Å²) in [6.07, 6.45) is 13.4. The second kappa shape index (κ2) is 22.7.